The van der Waals surface area contributed by atoms with E-state index in [1.54, 1.807) is 7.05 Å². The number of carbonyl (C=O) groups excluding carboxylic acids is 1. The molecule has 1 amide bonds. The van der Waals surface area contributed by atoms with Crippen LogP contribution in [0.15, 0.2) is 0 Å². The lowest BCUT2D eigenvalue weighted by Crippen LogP contribution is -2.48. The Hall–Kier alpha value is -0.530. The van der Waals surface area contributed by atoms with Gasteiger partial charge in [-0.05, 0) is 31.1 Å². The predicted octanol–water partition coefficient (Wildman–Crippen LogP) is 1.31. The molecule has 0 atom stereocenters. The van der Waals surface area contributed by atoms with Gasteiger partial charge < -0.3 is 5.32 Å². The third-order valence-electron chi connectivity index (χ3n) is 3.39. The molecular weight excluding hydrogens is 138 g/mol. The van der Waals surface area contributed by atoms with Crippen molar-refractivity contribution in [3.63, 3.8) is 0 Å². The maximum absolute atomic E-state index is 11.1. The minimum atomic E-state index is 0.252. The smallest absolute Gasteiger partial charge is 0.222 e. The van der Waals surface area contributed by atoms with Crippen LogP contribution in [-0.4, -0.2) is 13.0 Å². The van der Waals surface area contributed by atoms with Crippen molar-refractivity contribution in [3.8, 4) is 0 Å². The molecule has 2 aliphatic rings. The Morgan fingerprint density at radius 3 is 2.45 bits per heavy atom. The fourth-order valence-electron chi connectivity index (χ4n) is 2.46. The Labute approximate surface area is 67.4 Å². The van der Waals surface area contributed by atoms with Gasteiger partial charge in [0.05, 0.1) is 0 Å². The Morgan fingerprint density at radius 1 is 1.45 bits per heavy atom. The van der Waals surface area contributed by atoms with Crippen molar-refractivity contribution in [3.05, 3.63) is 0 Å². The third kappa shape index (κ3) is 0.959. The molecule has 0 saturated heterocycles. The van der Waals surface area contributed by atoms with Crippen LogP contribution in [0.3, 0.4) is 0 Å². The Bertz CT molecular complexity index is 176. The molecule has 2 heteroatoms. The van der Waals surface area contributed by atoms with Crippen molar-refractivity contribution >= 4 is 5.91 Å². The highest BCUT2D eigenvalue weighted by atomic mass is 16.1. The van der Waals surface area contributed by atoms with E-state index >= 15 is 0 Å². The first-order chi connectivity index (χ1) is 5.26. The van der Waals surface area contributed by atoms with Crippen LogP contribution in [0.25, 0.3) is 0 Å². The molecule has 0 aromatic rings. The SMILES string of the molecule is CNC(=O)C1CC2(CCC2)C1. The van der Waals surface area contributed by atoms with Gasteiger partial charge in [-0.25, -0.2) is 0 Å². The number of amides is 1. The first-order valence-electron chi connectivity index (χ1n) is 4.47. The third-order valence-corrected chi connectivity index (χ3v) is 3.39. The molecule has 2 saturated carbocycles. The van der Waals surface area contributed by atoms with Gasteiger partial charge in [-0.3, -0.25) is 4.79 Å². The molecule has 2 rings (SSSR count). The van der Waals surface area contributed by atoms with Crippen LogP contribution < -0.4 is 5.32 Å². The van der Waals surface area contributed by atoms with Gasteiger partial charge in [0.1, 0.15) is 0 Å². The van der Waals surface area contributed by atoms with E-state index in [9.17, 15) is 4.79 Å². The van der Waals surface area contributed by atoms with Crippen LogP contribution >= 0.6 is 0 Å². The summed E-state index contributed by atoms with van der Waals surface area (Å²) in [5.74, 6) is 0.600. The van der Waals surface area contributed by atoms with Crippen molar-refractivity contribution in [2.75, 3.05) is 7.05 Å². The number of hydrogen-bond donors (Lipinski definition) is 1. The summed E-state index contributed by atoms with van der Waals surface area (Å²) in [5, 5.41) is 2.71. The largest absolute Gasteiger partial charge is 0.359 e. The maximum atomic E-state index is 11.1. The topological polar surface area (TPSA) is 29.1 Å². The van der Waals surface area contributed by atoms with Gasteiger partial charge in [0.15, 0.2) is 0 Å². The zero-order valence-corrected chi connectivity index (χ0v) is 7.02. The number of nitrogens with one attached hydrogen (secondary N) is 1. The molecule has 2 aliphatic carbocycles. The van der Waals surface area contributed by atoms with Gasteiger partial charge in [-0.1, -0.05) is 6.42 Å². The summed E-state index contributed by atoms with van der Waals surface area (Å²) in [6, 6.07) is 0. The summed E-state index contributed by atoms with van der Waals surface area (Å²) in [4.78, 5) is 11.1. The summed E-state index contributed by atoms with van der Waals surface area (Å²) < 4.78 is 0. The summed E-state index contributed by atoms with van der Waals surface area (Å²) in [6.07, 6.45) is 6.46. The lowest BCUT2D eigenvalue weighted by Gasteiger charge is -2.53. The zero-order chi connectivity index (χ0) is 7.90. The van der Waals surface area contributed by atoms with Crippen molar-refractivity contribution in [2.45, 2.75) is 32.1 Å². The van der Waals surface area contributed by atoms with E-state index < -0.39 is 0 Å². The molecule has 0 heterocycles. The average molecular weight is 153 g/mol. The van der Waals surface area contributed by atoms with E-state index in [4.69, 9.17) is 0 Å². The van der Waals surface area contributed by atoms with Crippen LogP contribution in [-0.2, 0) is 4.79 Å². The fraction of sp³-hybridized carbons (Fsp3) is 0.889. The molecule has 2 nitrogen and oxygen atoms in total. The Morgan fingerprint density at radius 2 is 2.09 bits per heavy atom. The van der Waals surface area contributed by atoms with Crippen LogP contribution in [0.1, 0.15) is 32.1 Å². The van der Waals surface area contributed by atoms with Gasteiger partial charge in [0.2, 0.25) is 5.91 Å². The van der Waals surface area contributed by atoms with Gasteiger partial charge in [0.25, 0.3) is 0 Å². The molecule has 1 N–H and O–H groups in total. The molecule has 11 heavy (non-hydrogen) atoms. The van der Waals surface area contributed by atoms with Crippen molar-refractivity contribution in [1.82, 2.24) is 5.32 Å². The van der Waals surface area contributed by atoms with Crippen LogP contribution in [0.5, 0.6) is 0 Å². The molecule has 0 radical (unpaired) electrons. The quantitative estimate of drug-likeness (QED) is 0.604. The van der Waals surface area contributed by atoms with Crippen molar-refractivity contribution in [1.29, 1.82) is 0 Å². The molecular formula is C9H15NO. The first-order valence-corrected chi connectivity index (χ1v) is 4.47. The summed E-state index contributed by atoms with van der Waals surface area (Å²) in [5.41, 5.74) is 0.636. The van der Waals surface area contributed by atoms with Gasteiger partial charge in [0, 0.05) is 13.0 Å². The summed E-state index contributed by atoms with van der Waals surface area (Å²) >= 11 is 0. The van der Waals surface area contributed by atoms with Crippen LogP contribution in [0, 0.1) is 11.3 Å². The van der Waals surface area contributed by atoms with E-state index in [0.29, 0.717) is 11.3 Å². The molecule has 0 aliphatic heterocycles. The second kappa shape index (κ2) is 2.23. The van der Waals surface area contributed by atoms with Crippen molar-refractivity contribution < 1.29 is 4.79 Å². The highest BCUT2D eigenvalue weighted by molar-refractivity contribution is 5.79. The molecule has 2 fully saturated rings. The van der Waals surface area contributed by atoms with Crippen molar-refractivity contribution in [2.24, 2.45) is 11.3 Å². The molecule has 0 aromatic carbocycles. The molecule has 62 valence electrons. The lowest BCUT2D eigenvalue weighted by molar-refractivity contribution is -0.136. The van der Waals surface area contributed by atoms with E-state index in [1.807, 2.05) is 0 Å². The number of rotatable bonds is 1. The Balaban J connectivity index is 1.83. The normalized spacial score (nSPS) is 27.4. The van der Waals surface area contributed by atoms with Gasteiger partial charge >= 0.3 is 0 Å². The second-order valence-corrected chi connectivity index (χ2v) is 4.07. The van der Waals surface area contributed by atoms with E-state index in [-0.39, 0.29) is 5.91 Å². The Kier molecular flexibility index (Phi) is 1.44. The minimum Gasteiger partial charge on any atom is -0.359 e. The first kappa shape index (κ1) is 7.14. The lowest BCUT2D eigenvalue weighted by atomic mass is 9.51. The number of carbonyl (C=O) groups is 1. The van der Waals surface area contributed by atoms with Gasteiger partial charge in [-0.2, -0.15) is 0 Å². The molecule has 1 spiro atoms. The van der Waals surface area contributed by atoms with E-state index in [2.05, 4.69) is 5.32 Å². The highest BCUT2D eigenvalue weighted by Gasteiger charge is 2.50. The molecule has 0 bridgehead atoms. The summed E-state index contributed by atoms with van der Waals surface area (Å²) in [7, 11) is 1.73. The molecule has 0 aromatic heterocycles. The average Bonchev–Trinajstić information content (AvgIpc) is 1.81. The van der Waals surface area contributed by atoms with Crippen LogP contribution in [0.4, 0.5) is 0 Å². The second-order valence-electron chi connectivity index (χ2n) is 4.07. The van der Waals surface area contributed by atoms with Crippen LogP contribution in [0.2, 0.25) is 0 Å². The predicted molar refractivity (Wildman–Crippen MR) is 43.1 cm³/mol. The standard InChI is InChI=1S/C9H15NO/c1-10-8(11)7-5-9(6-7)3-2-4-9/h7H,2-6H2,1H3,(H,10,11). The van der Waals surface area contributed by atoms with E-state index in [1.165, 1.54) is 19.3 Å². The summed E-state index contributed by atoms with van der Waals surface area (Å²) in [6.45, 7) is 0. The molecule has 0 unspecified atom stereocenters. The van der Waals surface area contributed by atoms with E-state index in [0.717, 1.165) is 12.8 Å². The van der Waals surface area contributed by atoms with Gasteiger partial charge in [-0.15, -0.1) is 0 Å². The fourth-order valence-corrected chi connectivity index (χ4v) is 2.46. The highest BCUT2D eigenvalue weighted by Crippen LogP contribution is 2.58. The zero-order valence-electron chi connectivity index (χ0n) is 7.02. The minimum absolute atomic E-state index is 0.252. The monoisotopic (exact) mass is 153 g/mol. The maximum Gasteiger partial charge on any atom is 0.222 e. The number of hydrogen-bond acceptors (Lipinski definition) is 1.